The van der Waals surface area contributed by atoms with Gasteiger partial charge in [-0.1, -0.05) is 87.0 Å². The van der Waals surface area contributed by atoms with Crippen LogP contribution >= 0.6 is 63.7 Å². The molecule has 4 heteroatoms. The Bertz CT molecular complexity index is 889. The lowest BCUT2D eigenvalue weighted by Crippen LogP contribution is -2.04. The summed E-state index contributed by atoms with van der Waals surface area (Å²) in [6.45, 7) is 4.53. The molecule has 0 radical (unpaired) electrons. The van der Waals surface area contributed by atoms with Gasteiger partial charge in [0.2, 0.25) is 0 Å². The van der Waals surface area contributed by atoms with E-state index in [0.29, 0.717) is 11.8 Å². The summed E-state index contributed by atoms with van der Waals surface area (Å²) in [4.78, 5) is 0. The predicted molar refractivity (Wildman–Crippen MR) is 126 cm³/mol. The molecule has 26 heavy (non-hydrogen) atoms. The van der Waals surface area contributed by atoms with E-state index in [4.69, 9.17) is 0 Å². The van der Waals surface area contributed by atoms with Crippen molar-refractivity contribution in [1.82, 2.24) is 0 Å². The molecule has 0 aliphatic heterocycles. The minimum atomic E-state index is 0.506. The first-order valence-corrected chi connectivity index (χ1v) is 11.9. The van der Waals surface area contributed by atoms with E-state index < -0.39 is 0 Å². The number of benzene rings is 2. The summed E-state index contributed by atoms with van der Waals surface area (Å²) < 4.78 is 4.65. The van der Waals surface area contributed by atoms with Crippen LogP contribution in [-0.4, -0.2) is 0 Å². The number of fused-ring (bicyclic) bond motifs is 2. The zero-order chi connectivity index (χ0) is 18.6. The minimum absolute atomic E-state index is 0.506. The van der Waals surface area contributed by atoms with Gasteiger partial charge < -0.3 is 0 Å². The molecule has 0 saturated heterocycles. The molecule has 0 aromatic heterocycles. The van der Waals surface area contributed by atoms with Gasteiger partial charge in [-0.2, -0.15) is 0 Å². The first-order valence-electron chi connectivity index (χ1n) is 8.69. The molecule has 0 nitrogen and oxygen atoms in total. The summed E-state index contributed by atoms with van der Waals surface area (Å²) in [6, 6.07) is 8.85. The molecule has 134 valence electrons. The first kappa shape index (κ1) is 19.2. The Hall–Kier alpha value is -0.160. The summed E-state index contributed by atoms with van der Waals surface area (Å²) in [5, 5.41) is 0. The second-order valence-electron chi connectivity index (χ2n) is 7.24. The van der Waals surface area contributed by atoms with E-state index in [-0.39, 0.29) is 0 Å². The van der Waals surface area contributed by atoms with E-state index in [1.165, 1.54) is 42.3 Å². The maximum atomic E-state index is 3.72. The molecule has 0 N–H and O–H groups in total. The lowest BCUT2D eigenvalue weighted by atomic mass is 9.85. The molecule has 0 saturated carbocycles. The van der Waals surface area contributed by atoms with Crippen molar-refractivity contribution in [3.63, 3.8) is 0 Å². The molecule has 0 amide bonds. The molecular formula is C22H18Br4. The molecule has 2 aromatic rings. The molecule has 0 fully saturated rings. The van der Waals surface area contributed by atoms with Crippen LogP contribution in [0.25, 0.3) is 12.2 Å². The third kappa shape index (κ3) is 3.36. The van der Waals surface area contributed by atoms with Crippen LogP contribution in [0.3, 0.4) is 0 Å². The van der Waals surface area contributed by atoms with Crippen molar-refractivity contribution in [1.29, 1.82) is 0 Å². The normalized spacial score (nSPS) is 20.7. The van der Waals surface area contributed by atoms with Gasteiger partial charge in [-0.05, 0) is 73.2 Å². The van der Waals surface area contributed by atoms with Gasteiger partial charge in [-0.15, -0.1) is 0 Å². The van der Waals surface area contributed by atoms with Crippen molar-refractivity contribution >= 4 is 75.9 Å². The summed E-state index contributed by atoms with van der Waals surface area (Å²) >= 11 is 14.8. The average molecular weight is 602 g/mol. The predicted octanol–water partition coefficient (Wildman–Crippen LogP) is 9.22. The zero-order valence-electron chi connectivity index (χ0n) is 14.5. The summed E-state index contributed by atoms with van der Waals surface area (Å²) in [7, 11) is 0. The maximum Gasteiger partial charge on any atom is 0.0261 e. The Morgan fingerprint density at radius 2 is 1.04 bits per heavy atom. The SMILES string of the molecule is CC1=Cc2c(Br)cc(Br)cc2C1CCC1C(C)=Cc2c(Br)cc(Br)cc21. The van der Waals surface area contributed by atoms with Crippen LogP contribution in [-0.2, 0) is 0 Å². The highest BCUT2D eigenvalue weighted by atomic mass is 79.9. The van der Waals surface area contributed by atoms with E-state index in [0.717, 1.165) is 21.8 Å². The molecule has 2 atom stereocenters. The molecule has 0 bridgehead atoms. The van der Waals surface area contributed by atoms with Gasteiger partial charge in [0.15, 0.2) is 0 Å². The molecule has 0 spiro atoms. The highest BCUT2D eigenvalue weighted by Crippen LogP contribution is 2.48. The van der Waals surface area contributed by atoms with Gasteiger partial charge in [-0.25, -0.2) is 0 Å². The van der Waals surface area contributed by atoms with Crippen LogP contribution < -0.4 is 0 Å². The molecule has 2 aliphatic carbocycles. The Labute approximate surface area is 188 Å². The van der Waals surface area contributed by atoms with Crippen molar-refractivity contribution in [2.24, 2.45) is 0 Å². The summed E-state index contributed by atoms with van der Waals surface area (Å²) in [5.41, 5.74) is 8.52. The minimum Gasteiger partial charge on any atom is -0.0652 e. The van der Waals surface area contributed by atoms with Gasteiger partial charge in [0.25, 0.3) is 0 Å². The van der Waals surface area contributed by atoms with E-state index >= 15 is 0 Å². The van der Waals surface area contributed by atoms with Crippen molar-refractivity contribution < 1.29 is 0 Å². The van der Waals surface area contributed by atoms with Crippen LogP contribution in [0.5, 0.6) is 0 Å². The van der Waals surface area contributed by atoms with Crippen molar-refractivity contribution in [3.8, 4) is 0 Å². The van der Waals surface area contributed by atoms with E-state index in [1.54, 1.807) is 0 Å². The summed E-state index contributed by atoms with van der Waals surface area (Å²) in [6.07, 6.45) is 7.01. The third-order valence-electron chi connectivity index (χ3n) is 5.59. The van der Waals surface area contributed by atoms with Crippen LogP contribution in [0.2, 0.25) is 0 Å². The molecule has 0 heterocycles. The number of rotatable bonds is 3. The topological polar surface area (TPSA) is 0 Å². The van der Waals surface area contributed by atoms with Crippen LogP contribution in [0.15, 0.2) is 53.3 Å². The van der Waals surface area contributed by atoms with Crippen molar-refractivity contribution in [2.75, 3.05) is 0 Å². The molecule has 2 aromatic carbocycles. The number of hydrogen-bond acceptors (Lipinski definition) is 0. The van der Waals surface area contributed by atoms with Crippen molar-refractivity contribution in [2.45, 2.75) is 38.5 Å². The lowest BCUT2D eigenvalue weighted by Gasteiger charge is -2.20. The third-order valence-corrected chi connectivity index (χ3v) is 7.82. The van der Waals surface area contributed by atoms with Crippen LogP contribution in [0.1, 0.15) is 60.8 Å². The van der Waals surface area contributed by atoms with E-state index in [9.17, 15) is 0 Å². The first-order chi connectivity index (χ1) is 12.3. The Morgan fingerprint density at radius 3 is 1.42 bits per heavy atom. The molecule has 4 rings (SSSR count). The quantitative estimate of drug-likeness (QED) is 0.329. The molecule has 2 unspecified atom stereocenters. The fourth-order valence-electron chi connectivity index (χ4n) is 4.34. The van der Waals surface area contributed by atoms with Gasteiger partial charge in [-0.3, -0.25) is 0 Å². The lowest BCUT2D eigenvalue weighted by molar-refractivity contribution is 0.611. The maximum absolute atomic E-state index is 3.72. The monoisotopic (exact) mass is 598 g/mol. The highest BCUT2D eigenvalue weighted by molar-refractivity contribution is 9.11. The zero-order valence-corrected chi connectivity index (χ0v) is 20.9. The Kier molecular flexibility index (Phi) is 5.42. The van der Waals surface area contributed by atoms with Gasteiger partial charge in [0.05, 0.1) is 0 Å². The Morgan fingerprint density at radius 1 is 0.654 bits per heavy atom. The molecule has 2 aliphatic rings. The largest absolute Gasteiger partial charge is 0.0652 e. The number of hydrogen-bond donors (Lipinski definition) is 0. The van der Waals surface area contributed by atoms with Crippen molar-refractivity contribution in [3.05, 3.63) is 75.6 Å². The van der Waals surface area contributed by atoms with Gasteiger partial charge in [0.1, 0.15) is 0 Å². The fraction of sp³-hybridized carbons (Fsp3) is 0.273. The van der Waals surface area contributed by atoms with Crippen LogP contribution in [0.4, 0.5) is 0 Å². The van der Waals surface area contributed by atoms with E-state index in [2.05, 4.69) is 114 Å². The number of allylic oxidation sites excluding steroid dienone is 2. The molecular weight excluding hydrogens is 584 g/mol. The van der Waals surface area contributed by atoms with Gasteiger partial charge in [0, 0.05) is 29.7 Å². The smallest absolute Gasteiger partial charge is 0.0261 e. The Balaban J connectivity index is 1.61. The fourth-order valence-corrected chi connectivity index (χ4v) is 7.08. The van der Waals surface area contributed by atoms with E-state index in [1.807, 2.05) is 0 Å². The second kappa shape index (κ2) is 7.35. The standard InChI is InChI=1S/C22H18Br4/c1-11-5-19-17(7-13(23)9-21(19)25)15(11)3-4-16-12(2)6-20-18(16)8-14(24)10-22(20)26/h5-10,15-16H,3-4H2,1-2H3. The number of halogens is 4. The van der Waals surface area contributed by atoms with Gasteiger partial charge >= 0.3 is 0 Å². The average Bonchev–Trinajstić information content (AvgIpc) is 3.03. The summed E-state index contributed by atoms with van der Waals surface area (Å²) in [5.74, 6) is 1.01. The highest BCUT2D eigenvalue weighted by Gasteiger charge is 2.29. The second-order valence-corrected chi connectivity index (χ2v) is 10.8. The van der Waals surface area contributed by atoms with Crippen LogP contribution in [0, 0.1) is 0 Å².